The largest absolute Gasteiger partial charge is 0.737 e. The maximum atomic E-state index is 16.5. The van der Waals surface area contributed by atoms with Crippen LogP contribution in [0.5, 0.6) is 0 Å². The molecule has 34 heavy (non-hydrogen) atoms. The molecule has 0 bridgehead atoms. The summed E-state index contributed by atoms with van der Waals surface area (Å²) in [7, 11) is 0. The van der Waals surface area contributed by atoms with Gasteiger partial charge in [0.25, 0.3) is 0 Å². The molecule has 4 aromatic rings. The van der Waals surface area contributed by atoms with Crippen molar-refractivity contribution in [2.45, 2.75) is 0 Å². The van der Waals surface area contributed by atoms with Gasteiger partial charge in [-0.15, -0.1) is 0 Å². The molecule has 0 fully saturated rings. The highest BCUT2D eigenvalue weighted by atomic mass is 35.5. The fourth-order valence-electron chi connectivity index (χ4n) is 4.72. The van der Waals surface area contributed by atoms with Gasteiger partial charge in [-0.25, -0.2) is 9.97 Å². The zero-order chi connectivity index (χ0) is 23.4. The second-order valence-electron chi connectivity index (χ2n) is 7.97. The molecule has 2 aromatic heterocycles. The third-order valence-electron chi connectivity index (χ3n) is 6.11. The molecule has 2 aliphatic rings. The Morgan fingerprint density at radius 1 is 0.735 bits per heavy atom. The van der Waals surface area contributed by atoms with E-state index >= 15 is 8.63 Å². The molecule has 4 heterocycles. The first-order valence-corrected chi connectivity index (χ1v) is 11.3. The summed E-state index contributed by atoms with van der Waals surface area (Å²) in [5.74, 6) is 0. The Hall–Kier alpha value is -3.55. The summed E-state index contributed by atoms with van der Waals surface area (Å²) in [6.07, 6.45) is 4.62. The number of nitrogens with zero attached hydrogens (tertiary/aromatic N) is 4. The van der Waals surface area contributed by atoms with Crippen molar-refractivity contribution in [1.29, 1.82) is 0 Å². The van der Waals surface area contributed by atoms with Gasteiger partial charge in [0.05, 0.1) is 11.1 Å². The maximum absolute atomic E-state index is 16.5. The summed E-state index contributed by atoms with van der Waals surface area (Å²) < 4.78 is 35.2. The number of allylic oxidation sites excluding steroid dienone is 2. The lowest BCUT2D eigenvalue weighted by molar-refractivity contribution is -0.360. The molecule has 0 saturated carbocycles. The zero-order valence-electron chi connectivity index (χ0n) is 17.5. The molecule has 0 N–H and O–H groups in total. The molecule has 6 rings (SSSR count). The second kappa shape index (κ2) is 7.76. The van der Waals surface area contributed by atoms with Crippen molar-refractivity contribution in [3.8, 4) is 11.3 Å². The lowest BCUT2D eigenvalue weighted by Gasteiger charge is -2.33. The minimum Gasteiger partial charge on any atom is -0.389 e. The van der Waals surface area contributed by atoms with Gasteiger partial charge >= 0.3 is 6.97 Å². The van der Waals surface area contributed by atoms with Crippen LogP contribution >= 0.6 is 23.2 Å². The van der Waals surface area contributed by atoms with Crippen LogP contribution in [0.4, 0.5) is 8.63 Å². The minimum atomic E-state index is -4.27. The summed E-state index contributed by atoms with van der Waals surface area (Å²) in [5.41, 5.74) is 3.49. The van der Waals surface area contributed by atoms with E-state index in [1.807, 2.05) is 60.7 Å². The van der Waals surface area contributed by atoms with Gasteiger partial charge in [0.1, 0.15) is 16.6 Å². The van der Waals surface area contributed by atoms with E-state index in [0.717, 1.165) is 8.96 Å². The van der Waals surface area contributed by atoms with Crippen LogP contribution in [0.1, 0.15) is 16.8 Å². The van der Waals surface area contributed by atoms with Crippen molar-refractivity contribution >= 4 is 41.5 Å². The Bertz CT molecular complexity index is 1520. The first kappa shape index (κ1) is 21.0. The van der Waals surface area contributed by atoms with E-state index < -0.39 is 6.97 Å². The Balaban J connectivity index is 1.74. The Kier molecular flexibility index (Phi) is 4.79. The summed E-state index contributed by atoms with van der Waals surface area (Å²) in [6.45, 7) is -4.27. The van der Waals surface area contributed by atoms with Crippen LogP contribution in [0.3, 0.4) is 0 Å². The van der Waals surface area contributed by atoms with Gasteiger partial charge in [-0.2, -0.15) is 0 Å². The number of hydrogen-bond acceptors (Lipinski definition) is 2. The molecule has 0 spiro atoms. The molecule has 0 amide bonds. The highest BCUT2D eigenvalue weighted by Crippen LogP contribution is 2.45. The number of rotatable bonds is 3. The van der Waals surface area contributed by atoms with Crippen molar-refractivity contribution in [1.82, 2.24) is 14.4 Å². The number of hydrogen-bond donors (Lipinski definition) is 0. The molecule has 166 valence electrons. The summed E-state index contributed by atoms with van der Waals surface area (Å²) in [4.78, 5) is 8.15. The first-order valence-electron chi connectivity index (χ1n) is 10.6. The van der Waals surface area contributed by atoms with Crippen molar-refractivity contribution in [2.24, 2.45) is 0 Å². The molecular formula is C25H15BCl2F2N4. The van der Waals surface area contributed by atoms with E-state index in [4.69, 9.17) is 23.2 Å². The normalized spacial score (nSPS) is 16.1. The van der Waals surface area contributed by atoms with Crippen LogP contribution in [-0.4, -0.2) is 31.6 Å². The van der Waals surface area contributed by atoms with E-state index in [-0.39, 0.29) is 10.3 Å². The lowest BCUT2D eigenvalue weighted by Crippen LogP contribution is -2.51. The Morgan fingerprint density at radius 3 is 1.97 bits per heavy atom. The van der Waals surface area contributed by atoms with Gasteiger partial charge in [-0.3, -0.25) is 0 Å². The van der Waals surface area contributed by atoms with Crippen molar-refractivity contribution in [3.63, 3.8) is 0 Å². The SMILES string of the molecule is F[B-]1(F)n2c(ccc2-c2ccccc2)C(c2c(Cl)ncnc2Cl)=C2C=CC(c3ccccc3)=[N+]21. The van der Waals surface area contributed by atoms with Crippen LogP contribution in [0.15, 0.2) is 97.0 Å². The predicted octanol–water partition coefficient (Wildman–Crippen LogP) is 6.32. The average Bonchev–Trinajstić information content (AvgIpc) is 3.49. The van der Waals surface area contributed by atoms with Gasteiger partial charge < -0.3 is 17.6 Å². The smallest absolute Gasteiger partial charge is 0.389 e. The van der Waals surface area contributed by atoms with Crippen LogP contribution in [0, 0.1) is 0 Å². The third-order valence-corrected chi connectivity index (χ3v) is 6.69. The molecule has 2 aromatic carbocycles. The molecule has 0 radical (unpaired) electrons. The summed E-state index contributed by atoms with van der Waals surface area (Å²) in [5, 5.41) is 0.187. The molecule has 0 saturated heterocycles. The number of halogens is 4. The fraction of sp³-hybridized carbons (Fsp3) is 0. The van der Waals surface area contributed by atoms with Crippen LogP contribution in [0.2, 0.25) is 10.3 Å². The van der Waals surface area contributed by atoms with Gasteiger partial charge in [-0.05, 0) is 29.8 Å². The predicted molar refractivity (Wildman–Crippen MR) is 131 cm³/mol. The standard InChI is InChI=1S/C25H15BCl2F2N4/c27-24-23(25(28)32-15-31-24)22-20-13-11-18(16-7-3-1-4-8-16)33(20)26(29,30)34-19(12-14-21(22)34)17-9-5-2-6-10-17/h1-15H. The van der Waals surface area contributed by atoms with E-state index in [1.54, 1.807) is 24.3 Å². The van der Waals surface area contributed by atoms with Gasteiger partial charge in [-0.1, -0.05) is 71.7 Å². The first-order chi connectivity index (χ1) is 16.5. The van der Waals surface area contributed by atoms with E-state index in [2.05, 4.69) is 9.97 Å². The van der Waals surface area contributed by atoms with Crippen LogP contribution in [0.25, 0.3) is 16.8 Å². The molecule has 0 aliphatic carbocycles. The Labute approximate surface area is 204 Å². The monoisotopic (exact) mass is 490 g/mol. The average molecular weight is 491 g/mol. The van der Waals surface area contributed by atoms with Gasteiger partial charge in [0, 0.05) is 29.1 Å². The van der Waals surface area contributed by atoms with Crippen LogP contribution in [-0.2, 0) is 0 Å². The summed E-state index contributed by atoms with van der Waals surface area (Å²) >= 11 is 12.9. The highest BCUT2D eigenvalue weighted by Gasteiger charge is 2.55. The fourth-order valence-corrected chi connectivity index (χ4v) is 5.22. The number of fused-ring (bicyclic) bond motifs is 2. The zero-order valence-corrected chi connectivity index (χ0v) is 19.1. The van der Waals surface area contributed by atoms with E-state index in [1.165, 1.54) is 6.33 Å². The topological polar surface area (TPSA) is 33.7 Å². The minimum absolute atomic E-state index is 0.0933. The molecule has 2 aliphatic heterocycles. The molecule has 4 nitrogen and oxygen atoms in total. The highest BCUT2D eigenvalue weighted by molar-refractivity contribution is 6.59. The van der Waals surface area contributed by atoms with Gasteiger partial charge in [0.15, 0.2) is 11.4 Å². The van der Waals surface area contributed by atoms with Crippen molar-refractivity contribution < 1.29 is 13.1 Å². The number of aromatic nitrogens is 3. The quantitative estimate of drug-likeness (QED) is 0.249. The van der Waals surface area contributed by atoms with Gasteiger partial charge in [0.2, 0.25) is 0 Å². The van der Waals surface area contributed by atoms with Crippen molar-refractivity contribution in [3.05, 3.63) is 124 Å². The van der Waals surface area contributed by atoms with Crippen LogP contribution < -0.4 is 0 Å². The lowest BCUT2D eigenvalue weighted by atomic mass is 9.85. The Morgan fingerprint density at radius 2 is 1.32 bits per heavy atom. The van der Waals surface area contributed by atoms with E-state index in [9.17, 15) is 0 Å². The molecule has 0 atom stereocenters. The third kappa shape index (κ3) is 3.01. The summed E-state index contributed by atoms with van der Waals surface area (Å²) in [6, 6.07) is 21.6. The molecular weight excluding hydrogens is 476 g/mol. The molecule has 9 heteroatoms. The number of benzene rings is 2. The second-order valence-corrected chi connectivity index (χ2v) is 8.69. The maximum Gasteiger partial charge on any atom is 0.737 e. The van der Waals surface area contributed by atoms with E-state index in [0.29, 0.717) is 45.1 Å². The van der Waals surface area contributed by atoms with Crippen molar-refractivity contribution in [2.75, 3.05) is 0 Å². The molecule has 0 unspecified atom stereocenters.